The van der Waals surface area contributed by atoms with Crippen molar-refractivity contribution in [3.8, 4) is 0 Å². The molecule has 0 aliphatic heterocycles. The summed E-state index contributed by atoms with van der Waals surface area (Å²) in [5.41, 5.74) is 7.67. The average Bonchev–Trinajstić information content (AvgIpc) is 2.12. The first-order chi connectivity index (χ1) is 6.63. The number of nitrogen functional groups attached to an aromatic ring is 1. The zero-order valence-corrected chi connectivity index (χ0v) is 8.41. The van der Waals surface area contributed by atoms with Gasteiger partial charge in [-0.3, -0.25) is 9.78 Å². The molecule has 1 heterocycles. The fourth-order valence-corrected chi connectivity index (χ4v) is 1.08. The van der Waals surface area contributed by atoms with Crippen molar-refractivity contribution in [1.82, 2.24) is 4.98 Å². The molecule has 1 aromatic rings. The molecule has 0 radical (unpaired) electrons. The van der Waals surface area contributed by atoms with E-state index in [9.17, 15) is 4.79 Å². The second-order valence-electron chi connectivity index (χ2n) is 2.96. The Morgan fingerprint density at radius 1 is 1.57 bits per heavy atom. The van der Waals surface area contributed by atoms with Crippen LogP contribution in [0.2, 0.25) is 0 Å². The molecule has 0 spiro atoms. The Morgan fingerprint density at radius 2 is 2.29 bits per heavy atom. The van der Waals surface area contributed by atoms with Gasteiger partial charge in [0.2, 0.25) is 0 Å². The lowest BCUT2D eigenvalue weighted by atomic mass is 10.2. The molecule has 76 valence electrons. The van der Waals surface area contributed by atoms with Crippen LogP contribution in [0.15, 0.2) is 12.1 Å². The van der Waals surface area contributed by atoms with Crippen molar-refractivity contribution in [2.24, 2.45) is 0 Å². The van der Waals surface area contributed by atoms with Gasteiger partial charge in [-0.25, -0.2) is 0 Å². The van der Waals surface area contributed by atoms with Gasteiger partial charge in [0.15, 0.2) is 0 Å². The molecule has 4 heteroatoms. The number of aryl methyl sites for hydroxylation is 1. The number of aromatic nitrogens is 1. The minimum absolute atomic E-state index is 0.203. The number of pyridine rings is 1. The van der Waals surface area contributed by atoms with Gasteiger partial charge < -0.3 is 10.5 Å². The summed E-state index contributed by atoms with van der Waals surface area (Å²) in [6.07, 6.45) is 0.203. The number of hydrogen-bond donors (Lipinski definition) is 1. The van der Waals surface area contributed by atoms with Crippen LogP contribution < -0.4 is 5.73 Å². The topological polar surface area (TPSA) is 65.2 Å². The summed E-state index contributed by atoms with van der Waals surface area (Å²) < 4.78 is 4.81. The number of anilines is 1. The SMILES string of the molecule is CCOC(=O)Cc1ccc(N)c(C)n1. The van der Waals surface area contributed by atoms with Crippen LogP contribution in [0.3, 0.4) is 0 Å². The van der Waals surface area contributed by atoms with Crippen LogP contribution in [-0.2, 0) is 16.0 Å². The monoisotopic (exact) mass is 194 g/mol. The smallest absolute Gasteiger partial charge is 0.311 e. The molecule has 0 saturated heterocycles. The van der Waals surface area contributed by atoms with E-state index in [-0.39, 0.29) is 12.4 Å². The first-order valence-electron chi connectivity index (χ1n) is 4.51. The molecule has 4 nitrogen and oxygen atoms in total. The second kappa shape index (κ2) is 4.60. The first kappa shape index (κ1) is 10.5. The number of esters is 1. The van der Waals surface area contributed by atoms with E-state index >= 15 is 0 Å². The summed E-state index contributed by atoms with van der Waals surface area (Å²) in [6, 6.07) is 3.48. The van der Waals surface area contributed by atoms with Gasteiger partial charge >= 0.3 is 5.97 Å². The Balaban J connectivity index is 2.68. The standard InChI is InChI=1S/C10H14N2O2/c1-3-14-10(13)6-8-4-5-9(11)7(2)12-8/h4-5H,3,6,11H2,1-2H3. The Bertz CT molecular complexity index is 337. The number of rotatable bonds is 3. The Morgan fingerprint density at radius 3 is 2.86 bits per heavy atom. The van der Waals surface area contributed by atoms with Gasteiger partial charge in [-0.15, -0.1) is 0 Å². The molecule has 1 rings (SSSR count). The minimum atomic E-state index is -0.260. The molecule has 0 bridgehead atoms. The van der Waals surface area contributed by atoms with Gasteiger partial charge in [0.05, 0.1) is 30.1 Å². The highest BCUT2D eigenvalue weighted by Gasteiger charge is 2.05. The van der Waals surface area contributed by atoms with Crippen molar-refractivity contribution in [2.45, 2.75) is 20.3 Å². The van der Waals surface area contributed by atoms with Crippen molar-refractivity contribution in [2.75, 3.05) is 12.3 Å². The Labute approximate surface area is 83.1 Å². The molecular weight excluding hydrogens is 180 g/mol. The number of carbonyl (C=O) groups is 1. The van der Waals surface area contributed by atoms with Gasteiger partial charge in [0.1, 0.15) is 0 Å². The van der Waals surface area contributed by atoms with E-state index in [0.717, 1.165) is 5.69 Å². The van der Waals surface area contributed by atoms with E-state index < -0.39 is 0 Å². The van der Waals surface area contributed by atoms with Crippen LogP contribution in [0.4, 0.5) is 5.69 Å². The highest BCUT2D eigenvalue weighted by Crippen LogP contribution is 2.08. The maximum Gasteiger partial charge on any atom is 0.311 e. The van der Waals surface area contributed by atoms with Crippen molar-refractivity contribution in [1.29, 1.82) is 0 Å². The molecule has 0 unspecified atom stereocenters. The molecular formula is C10H14N2O2. The normalized spacial score (nSPS) is 9.86. The van der Waals surface area contributed by atoms with E-state index in [1.807, 2.05) is 6.92 Å². The molecule has 0 amide bonds. The maximum atomic E-state index is 11.1. The highest BCUT2D eigenvalue weighted by atomic mass is 16.5. The molecule has 0 aromatic carbocycles. The second-order valence-corrected chi connectivity index (χ2v) is 2.96. The van der Waals surface area contributed by atoms with Gasteiger partial charge in [0.25, 0.3) is 0 Å². The zero-order chi connectivity index (χ0) is 10.6. The van der Waals surface area contributed by atoms with Gasteiger partial charge in [0, 0.05) is 0 Å². The zero-order valence-electron chi connectivity index (χ0n) is 8.41. The fraction of sp³-hybridized carbons (Fsp3) is 0.400. The molecule has 14 heavy (non-hydrogen) atoms. The minimum Gasteiger partial charge on any atom is -0.466 e. The van der Waals surface area contributed by atoms with Crippen molar-refractivity contribution in [3.05, 3.63) is 23.5 Å². The molecule has 0 atom stereocenters. The molecule has 0 saturated carbocycles. The van der Waals surface area contributed by atoms with E-state index in [0.29, 0.717) is 18.0 Å². The summed E-state index contributed by atoms with van der Waals surface area (Å²) >= 11 is 0. The predicted octanol–water partition coefficient (Wildman–Crippen LogP) is 1.08. The summed E-state index contributed by atoms with van der Waals surface area (Å²) in [5, 5.41) is 0. The van der Waals surface area contributed by atoms with Gasteiger partial charge in [-0.1, -0.05) is 0 Å². The van der Waals surface area contributed by atoms with Crippen LogP contribution >= 0.6 is 0 Å². The molecule has 0 aliphatic rings. The molecule has 1 aromatic heterocycles. The quantitative estimate of drug-likeness (QED) is 0.731. The third-order valence-corrected chi connectivity index (χ3v) is 1.82. The predicted molar refractivity (Wildman–Crippen MR) is 53.7 cm³/mol. The summed E-state index contributed by atoms with van der Waals surface area (Å²) in [6.45, 7) is 3.98. The largest absolute Gasteiger partial charge is 0.466 e. The van der Waals surface area contributed by atoms with E-state index in [1.54, 1.807) is 19.1 Å². The molecule has 2 N–H and O–H groups in total. The molecule has 0 aliphatic carbocycles. The lowest BCUT2D eigenvalue weighted by molar-refractivity contribution is -0.142. The van der Waals surface area contributed by atoms with Crippen molar-refractivity contribution < 1.29 is 9.53 Å². The van der Waals surface area contributed by atoms with E-state index in [2.05, 4.69) is 4.98 Å². The van der Waals surface area contributed by atoms with Gasteiger partial charge in [-0.05, 0) is 26.0 Å². The van der Waals surface area contributed by atoms with E-state index in [1.165, 1.54) is 0 Å². The first-order valence-corrected chi connectivity index (χ1v) is 4.51. The Kier molecular flexibility index (Phi) is 3.45. The fourth-order valence-electron chi connectivity index (χ4n) is 1.08. The lowest BCUT2D eigenvalue weighted by Crippen LogP contribution is -2.09. The van der Waals surface area contributed by atoms with E-state index in [4.69, 9.17) is 10.5 Å². The molecule has 0 fully saturated rings. The summed E-state index contributed by atoms with van der Waals surface area (Å²) in [5.74, 6) is -0.260. The number of ether oxygens (including phenoxy) is 1. The number of nitrogens with zero attached hydrogens (tertiary/aromatic N) is 1. The van der Waals surface area contributed by atoms with Crippen LogP contribution in [0.25, 0.3) is 0 Å². The summed E-state index contributed by atoms with van der Waals surface area (Å²) in [7, 11) is 0. The van der Waals surface area contributed by atoms with Crippen LogP contribution in [-0.4, -0.2) is 17.6 Å². The van der Waals surface area contributed by atoms with Crippen LogP contribution in [0, 0.1) is 6.92 Å². The summed E-state index contributed by atoms with van der Waals surface area (Å²) in [4.78, 5) is 15.3. The van der Waals surface area contributed by atoms with Crippen LogP contribution in [0.5, 0.6) is 0 Å². The number of hydrogen-bond acceptors (Lipinski definition) is 4. The third-order valence-electron chi connectivity index (χ3n) is 1.82. The van der Waals surface area contributed by atoms with Crippen LogP contribution in [0.1, 0.15) is 18.3 Å². The maximum absolute atomic E-state index is 11.1. The lowest BCUT2D eigenvalue weighted by Gasteiger charge is -2.03. The highest BCUT2D eigenvalue weighted by molar-refractivity contribution is 5.72. The van der Waals surface area contributed by atoms with Crippen molar-refractivity contribution >= 4 is 11.7 Å². The Hall–Kier alpha value is -1.58. The van der Waals surface area contributed by atoms with Crippen molar-refractivity contribution in [3.63, 3.8) is 0 Å². The average molecular weight is 194 g/mol. The number of carbonyl (C=O) groups excluding carboxylic acids is 1. The van der Waals surface area contributed by atoms with Gasteiger partial charge in [-0.2, -0.15) is 0 Å². The third kappa shape index (κ3) is 2.73. The number of nitrogens with two attached hydrogens (primary N) is 1.